The lowest BCUT2D eigenvalue weighted by atomic mass is 9.89. The Balaban J connectivity index is 1.52. The molecule has 1 aliphatic rings. The van der Waals surface area contributed by atoms with Gasteiger partial charge in [-0.05, 0) is 48.5 Å². The summed E-state index contributed by atoms with van der Waals surface area (Å²) in [6.07, 6.45) is 5.73. The van der Waals surface area contributed by atoms with E-state index < -0.39 is 0 Å². The highest BCUT2D eigenvalue weighted by Crippen LogP contribution is 2.28. The minimum atomic E-state index is 0.0201. The molecule has 1 fully saturated rings. The maximum absolute atomic E-state index is 13.1. The number of aromatic nitrogens is 1. The lowest BCUT2D eigenvalue weighted by molar-refractivity contribution is 0.0809. The van der Waals surface area contributed by atoms with Crippen LogP contribution in [-0.2, 0) is 6.54 Å². The summed E-state index contributed by atoms with van der Waals surface area (Å²) in [5, 5.41) is 2.40. The molecule has 0 aliphatic carbocycles. The Morgan fingerprint density at radius 3 is 2.96 bits per heavy atom. The van der Waals surface area contributed by atoms with Gasteiger partial charge < -0.3 is 4.74 Å². The molecule has 2 heterocycles. The van der Waals surface area contributed by atoms with E-state index in [0.717, 1.165) is 37.9 Å². The summed E-state index contributed by atoms with van der Waals surface area (Å²) in [5.41, 5.74) is 1.99. The zero-order valence-electron chi connectivity index (χ0n) is 15.6. The minimum Gasteiger partial charge on any atom is -0.496 e. The third-order valence-electron chi connectivity index (χ3n) is 5.41. The van der Waals surface area contributed by atoms with Crippen LogP contribution in [0.4, 0.5) is 0 Å². The maximum Gasteiger partial charge on any atom is 0.170 e. The van der Waals surface area contributed by atoms with E-state index in [1.807, 2.05) is 36.7 Å². The summed E-state index contributed by atoms with van der Waals surface area (Å²) in [6.45, 7) is 2.67. The fraction of sp³-hybridized carbons (Fsp3) is 0.304. The first kappa shape index (κ1) is 17.7. The third kappa shape index (κ3) is 3.71. The van der Waals surface area contributed by atoms with Crippen molar-refractivity contribution in [2.24, 2.45) is 5.92 Å². The van der Waals surface area contributed by atoms with Crippen LogP contribution >= 0.6 is 0 Å². The molecular formula is C23H24N2O2. The van der Waals surface area contributed by atoms with Crippen molar-refractivity contribution in [1.82, 2.24) is 9.88 Å². The first-order chi connectivity index (χ1) is 13.3. The topological polar surface area (TPSA) is 42.4 Å². The molecule has 1 saturated heterocycles. The van der Waals surface area contributed by atoms with E-state index in [0.29, 0.717) is 11.3 Å². The molecule has 0 saturated carbocycles. The van der Waals surface area contributed by atoms with Crippen LogP contribution in [0.1, 0.15) is 28.8 Å². The van der Waals surface area contributed by atoms with Crippen molar-refractivity contribution in [2.45, 2.75) is 19.4 Å². The number of rotatable bonds is 5. The summed E-state index contributed by atoms with van der Waals surface area (Å²) >= 11 is 0. The molecule has 0 amide bonds. The Morgan fingerprint density at radius 2 is 2.07 bits per heavy atom. The minimum absolute atomic E-state index is 0.0201. The Hall–Kier alpha value is -2.72. The van der Waals surface area contributed by atoms with Gasteiger partial charge in [-0.25, -0.2) is 0 Å². The molecule has 2 aromatic carbocycles. The summed E-state index contributed by atoms with van der Waals surface area (Å²) in [6, 6.07) is 16.0. The van der Waals surface area contributed by atoms with Crippen LogP contribution in [-0.4, -0.2) is 35.9 Å². The van der Waals surface area contributed by atoms with E-state index in [9.17, 15) is 4.79 Å². The third-order valence-corrected chi connectivity index (χ3v) is 5.41. The Kier molecular flexibility index (Phi) is 5.16. The number of piperidine rings is 1. The van der Waals surface area contributed by atoms with Gasteiger partial charge in [0.05, 0.1) is 12.7 Å². The van der Waals surface area contributed by atoms with Gasteiger partial charge in [0.1, 0.15) is 5.75 Å². The molecule has 4 rings (SSSR count). The Bertz CT molecular complexity index is 949. The normalized spacial score (nSPS) is 17.7. The number of methoxy groups -OCH3 is 1. The van der Waals surface area contributed by atoms with Crippen LogP contribution in [0.3, 0.4) is 0 Å². The van der Waals surface area contributed by atoms with Gasteiger partial charge in [0.2, 0.25) is 0 Å². The number of nitrogens with zero attached hydrogens (tertiary/aromatic N) is 2. The first-order valence-electron chi connectivity index (χ1n) is 9.47. The van der Waals surface area contributed by atoms with Gasteiger partial charge in [-0.3, -0.25) is 14.7 Å². The van der Waals surface area contributed by atoms with Crippen molar-refractivity contribution in [1.29, 1.82) is 0 Å². The number of ketones is 1. The predicted octanol–water partition coefficient (Wildman–Crippen LogP) is 4.34. The molecule has 0 unspecified atom stereocenters. The number of fused-ring (bicyclic) bond motifs is 1. The van der Waals surface area contributed by atoms with Crippen molar-refractivity contribution in [3.05, 3.63) is 72.1 Å². The second kappa shape index (κ2) is 7.89. The maximum atomic E-state index is 13.1. The van der Waals surface area contributed by atoms with Crippen molar-refractivity contribution >= 4 is 16.6 Å². The lowest BCUT2D eigenvalue weighted by Gasteiger charge is -2.32. The van der Waals surface area contributed by atoms with E-state index in [1.165, 1.54) is 10.9 Å². The number of pyridine rings is 1. The van der Waals surface area contributed by atoms with Crippen LogP contribution in [0.2, 0.25) is 0 Å². The number of benzene rings is 2. The van der Waals surface area contributed by atoms with Crippen molar-refractivity contribution in [3.63, 3.8) is 0 Å². The Morgan fingerprint density at radius 1 is 1.19 bits per heavy atom. The quantitative estimate of drug-likeness (QED) is 0.635. The van der Waals surface area contributed by atoms with Crippen molar-refractivity contribution in [3.8, 4) is 5.75 Å². The summed E-state index contributed by atoms with van der Waals surface area (Å²) in [4.78, 5) is 19.7. The molecule has 4 heteroatoms. The van der Waals surface area contributed by atoms with Gasteiger partial charge in [0.25, 0.3) is 0 Å². The van der Waals surface area contributed by atoms with Crippen molar-refractivity contribution in [2.75, 3.05) is 20.2 Å². The zero-order valence-corrected chi connectivity index (χ0v) is 15.6. The Labute approximate surface area is 159 Å². The van der Waals surface area contributed by atoms with Crippen LogP contribution in [0.5, 0.6) is 5.75 Å². The second-order valence-corrected chi connectivity index (χ2v) is 7.15. The van der Waals surface area contributed by atoms with E-state index in [1.54, 1.807) is 7.11 Å². The van der Waals surface area contributed by atoms with Gasteiger partial charge in [0.15, 0.2) is 5.78 Å². The first-order valence-corrected chi connectivity index (χ1v) is 9.47. The number of likely N-dealkylation sites (tertiary alicyclic amines) is 1. The van der Waals surface area contributed by atoms with Crippen LogP contribution in [0.25, 0.3) is 10.8 Å². The zero-order chi connectivity index (χ0) is 18.6. The average Bonchev–Trinajstić information content (AvgIpc) is 2.73. The number of carbonyl (C=O) groups excluding carboxylic acids is 1. The molecule has 0 N–H and O–H groups in total. The number of carbonyl (C=O) groups is 1. The predicted molar refractivity (Wildman–Crippen MR) is 107 cm³/mol. The summed E-state index contributed by atoms with van der Waals surface area (Å²) in [7, 11) is 1.62. The number of ether oxygens (including phenoxy) is 1. The van der Waals surface area contributed by atoms with Gasteiger partial charge in [0, 0.05) is 36.8 Å². The second-order valence-electron chi connectivity index (χ2n) is 7.15. The molecule has 4 nitrogen and oxygen atoms in total. The standard InChI is InChI=1S/C23H24N2O2/c1-27-22-10-3-2-9-21(22)23(26)19-8-5-13-25(16-19)15-18-7-4-6-17-14-24-12-11-20(17)18/h2-4,6-7,9-12,14,19H,5,8,13,15-16H2,1H3/t19-/m1/s1. The SMILES string of the molecule is COc1ccccc1C(=O)[C@@H]1CCCN(Cc2cccc3cnccc23)C1. The molecule has 0 spiro atoms. The molecule has 0 bridgehead atoms. The van der Waals surface area contributed by atoms with Crippen molar-refractivity contribution < 1.29 is 9.53 Å². The molecule has 1 aromatic heterocycles. The van der Waals surface area contributed by atoms with Gasteiger partial charge >= 0.3 is 0 Å². The smallest absolute Gasteiger partial charge is 0.170 e. The molecular weight excluding hydrogens is 336 g/mol. The van der Waals surface area contributed by atoms with Gasteiger partial charge in [-0.2, -0.15) is 0 Å². The number of para-hydroxylation sites is 1. The van der Waals surface area contributed by atoms with E-state index >= 15 is 0 Å². The largest absolute Gasteiger partial charge is 0.496 e. The van der Waals surface area contributed by atoms with Gasteiger partial charge in [-0.1, -0.05) is 30.3 Å². The van der Waals surface area contributed by atoms with E-state index in [4.69, 9.17) is 4.74 Å². The van der Waals surface area contributed by atoms with E-state index in [2.05, 4.69) is 34.1 Å². The average molecular weight is 360 g/mol. The fourth-order valence-electron chi connectivity index (χ4n) is 4.05. The van der Waals surface area contributed by atoms with Crippen LogP contribution in [0, 0.1) is 5.92 Å². The molecule has 27 heavy (non-hydrogen) atoms. The molecule has 3 aromatic rings. The number of hydrogen-bond donors (Lipinski definition) is 0. The lowest BCUT2D eigenvalue weighted by Crippen LogP contribution is -2.38. The summed E-state index contributed by atoms with van der Waals surface area (Å²) in [5.74, 6) is 0.882. The van der Waals surface area contributed by atoms with E-state index in [-0.39, 0.29) is 11.7 Å². The number of Topliss-reactive ketones (excluding diaryl/α,β-unsaturated/α-hetero) is 1. The highest BCUT2D eigenvalue weighted by molar-refractivity contribution is 6.00. The molecule has 138 valence electrons. The highest BCUT2D eigenvalue weighted by atomic mass is 16.5. The fourth-order valence-corrected chi connectivity index (χ4v) is 4.05. The molecule has 0 radical (unpaired) electrons. The molecule has 1 atom stereocenters. The highest BCUT2D eigenvalue weighted by Gasteiger charge is 2.28. The number of hydrogen-bond acceptors (Lipinski definition) is 4. The van der Waals surface area contributed by atoms with Crippen LogP contribution in [0.15, 0.2) is 60.9 Å². The monoisotopic (exact) mass is 360 g/mol. The van der Waals surface area contributed by atoms with Crippen LogP contribution < -0.4 is 4.74 Å². The summed E-state index contributed by atoms with van der Waals surface area (Å²) < 4.78 is 5.39. The molecule has 1 aliphatic heterocycles. The van der Waals surface area contributed by atoms with Gasteiger partial charge in [-0.15, -0.1) is 0 Å².